The Morgan fingerprint density at radius 3 is 1.34 bits per heavy atom. The molecular formula is C33H34O5. The van der Waals surface area contributed by atoms with Gasteiger partial charge in [-0.2, -0.15) is 0 Å². The molecule has 0 fully saturated rings. The van der Waals surface area contributed by atoms with Crippen LogP contribution in [0.1, 0.15) is 22.3 Å². The third-order valence-corrected chi connectivity index (χ3v) is 6.10. The first-order chi connectivity index (χ1) is 18.8. The van der Waals surface area contributed by atoms with Crippen molar-refractivity contribution in [3.05, 3.63) is 144 Å². The summed E-state index contributed by atoms with van der Waals surface area (Å²) in [4.78, 5) is 12.4. The topological polar surface area (TPSA) is 54.0 Å². The van der Waals surface area contributed by atoms with Crippen molar-refractivity contribution in [3.63, 3.8) is 0 Å². The lowest BCUT2D eigenvalue weighted by atomic mass is 10.1. The first-order valence-electron chi connectivity index (χ1n) is 12.9. The first kappa shape index (κ1) is 27.4. The van der Waals surface area contributed by atoms with Crippen LogP contribution in [0, 0.1) is 0 Å². The zero-order valence-corrected chi connectivity index (χ0v) is 21.4. The fourth-order valence-electron chi connectivity index (χ4n) is 4.04. The molecule has 196 valence electrons. The van der Waals surface area contributed by atoms with Crippen LogP contribution in [0.15, 0.2) is 121 Å². The van der Waals surface area contributed by atoms with Gasteiger partial charge in [0.05, 0.1) is 33.0 Å². The van der Waals surface area contributed by atoms with Crippen molar-refractivity contribution < 1.29 is 23.7 Å². The SMILES string of the molecule is O=C[C@@H](OCc1ccccc1)[C@H](OCc1ccccc1)[C@@H](COCc1ccccc1)OCc1ccccc1. The molecule has 0 aliphatic rings. The van der Waals surface area contributed by atoms with Gasteiger partial charge in [-0.3, -0.25) is 0 Å². The third kappa shape index (κ3) is 9.05. The Balaban J connectivity index is 1.52. The van der Waals surface area contributed by atoms with E-state index in [4.69, 9.17) is 18.9 Å². The largest absolute Gasteiger partial charge is 0.374 e. The molecular weight excluding hydrogens is 476 g/mol. The highest BCUT2D eigenvalue weighted by Gasteiger charge is 2.33. The molecule has 0 aromatic heterocycles. The van der Waals surface area contributed by atoms with Crippen molar-refractivity contribution in [1.82, 2.24) is 0 Å². The second-order valence-corrected chi connectivity index (χ2v) is 8.99. The second kappa shape index (κ2) is 15.6. The Hall–Kier alpha value is -3.61. The zero-order chi connectivity index (χ0) is 26.3. The highest BCUT2D eigenvalue weighted by atomic mass is 16.6. The summed E-state index contributed by atoms with van der Waals surface area (Å²) in [7, 11) is 0. The summed E-state index contributed by atoms with van der Waals surface area (Å²) in [5, 5.41) is 0. The van der Waals surface area contributed by atoms with Crippen LogP contribution in [-0.4, -0.2) is 31.2 Å². The molecule has 5 heteroatoms. The highest BCUT2D eigenvalue weighted by molar-refractivity contribution is 5.57. The molecule has 0 saturated heterocycles. The maximum Gasteiger partial charge on any atom is 0.151 e. The summed E-state index contributed by atoms with van der Waals surface area (Å²) in [6.07, 6.45) is -1.28. The molecule has 0 N–H and O–H groups in total. The van der Waals surface area contributed by atoms with Crippen molar-refractivity contribution in [1.29, 1.82) is 0 Å². The number of ether oxygens (including phenoxy) is 4. The molecule has 0 amide bonds. The molecule has 4 aromatic carbocycles. The molecule has 0 aliphatic carbocycles. The lowest BCUT2D eigenvalue weighted by Gasteiger charge is -2.31. The van der Waals surface area contributed by atoms with Crippen molar-refractivity contribution in [2.45, 2.75) is 44.7 Å². The number of hydrogen-bond donors (Lipinski definition) is 0. The number of hydrogen-bond acceptors (Lipinski definition) is 5. The van der Waals surface area contributed by atoms with Crippen LogP contribution in [0.5, 0.6) is 0 Å². The van der Waals surface area contributed by atoms with Gasteiger partial charge < -0.3 is 23.7 Å². The van der Waals surface area contributed by atoms with Crippen LogP contribution >= 0.6 is 0 Å². The maximum atomic E-state index is 12.4. The van der Waals surface area contributed by atoms with E-state index in [1.165, 1.54) is 0 Å². The monoisotopic (exact) mass is 510 g/mol. The van der Waals surface area contributed by atoms with E-state index < -0.39 is 18.3 Å². The third-order valence-electron chi connectivity index (χ3n) is 6.10. The summed E-state index contributed by atoms with van der Waals surface area (Å²) in [6, 6.07) is 39.5. The Morgan fingerprint density at radius 2 is 0.895 bits per heavy atom. The minimum atomic E-state index is -0.847. The van der Waals surface area contributed by atoms with Gasteiger partial charge in [-0.25, -0.2) is 0 Å². The Labute approximate surface area is 225 Å². The van der Waals surface area contributed by atoms with E-state index in [1.54, 1.807) is 0 Å². The first-order valence-corrected chi connectivity index (χ1v) is 12.9. The van der Waals surface area contributed by atoms with Gasteiger partial charge in [0.1, 0.15) is 18.3 Å². The van der Waals surface area contributed by atoms with Gasteiger partial charge in [0.15, 0.2) is 6.29 Å². The molecule has 3 atom stereocenters. The van der Waals surface area contributed by atoms with Gasteiger partial charge in [-0.05, 0) is 22.3 Å². The fourth-order valence-corrected chi connectivity index (χ4v) is 4.04. The second-order valence-electron chi connectivity index (χ2n) is 8.99. The number of aldehydes is 1. The number of carbonyl (C=O) groups excluding carboxylic acids is 1. The van der Waals surface area contributed by atoms with Crippen LogP contribution in [-0.2, 0) is 50.2 Å². The number of benzene rings is 4. The minimum Gasteiger partial charge on any atom is -0.374 e. The molecule has 5 nitrogen and oxygen atoms in total. The summed E-state index contributed by atoms with van der Waals surface area (Å²) < 4.78 is 24.9. The Kier molecular flexibility index (Phi) is 11.3. The van der Waals surface area contributed by atoms with Gasteiger partial charge in [0.2, 0.25) is 0 Å². The quantitative estimate of drug-likeness (QED) is 0.169. The predicted molar refractivity (Wildman–Crippen MR) is 147 cm³/mol. The van der Waals surface area contributed by atoms with E-state index in [1.807, 2.05) is 121 Å². The van der Waals surface area contributed by atoms with E-state index in [0.29, 0.717) is 19.8 Å². The molecule has 0 spiro atoms. The molecule has 4 aromatic rings. The van der Waals surface area contributed by atoms with Crippen molar-refractivity contribution in [3.8, 4) is 0 Å². The zero-order valence-electron chi connectivity index (χ0n) is 21.4. The minimum absolute atomic E-state index is 0.236. The Bertz CT molecular complexity index is 1170. The van der Waals surface area contributed by atoms with Crippen molar-refractivity contribution in [2.24, 2.45) is 0 Å². The number of rotatable bonds is 16. The predicted octanol–water partition coefficient (Wildman–Crippen LogP) is 6.16. The van der Waals surface area contributed by atoms with Crippen LogP contribution in [0.4, 0.5) is 0 Å². The van der Waals surface area contributed by atoms with Crippen LogP contribution in [0.25, 0.3) is 0 Å². The van der Waals surface area contributed by atoms with E-state index in [-0.39, 0.29) is 13.2 Å². The van der Waals surface area contributed by atoms with Crippen LogP contribution < -0.4 is 0 Å². The van der Waals surface area contributed by atoms with E-state index in [9.17, 15) is 4.79 Å². The van der Waals surface area contributed by atoms with Gasteiger partial charge in [-0.15, -0.1) is 0 Å². The molecule has 4 rings (SSSR count). The molecule has 0 aliphatic heterocycles. The lowest BCUT2D eigenvalue weighted by Crippen LogP contribution is -2.45. The molecule has 38 heavy (non-hydrogen) atoms. The molecule has 0 unspecified atom stereocenters. The summed E-state index contributed by atoms with van der Waals surface area (Å²) in [6.45, 7) is 1.62. The maximum absolute atomic E-state index is 12.4. The van der Waals surface area contributed by atoms with Gasteiger partial charge in [-0.1, -0.05) is 121 Å². The summed E-state index contributed by atoms with van der Waals surface area (Å²) in [5.74, 6) is 0. The molecule has 0 saturated carbocycles. The summed E-state index contributed by atoms with van der Waals surface area (Å²) >= 11 is 0. The highest BCUT2D eigenvalue weighted by Crippen LogP contribution is 2.19. The van der Waals surface area contributed by atoms with Crippen molar-refractivity contribution in [2.75, 3.05) is 6.61 Å². The molecule has 0 radical (unpaired) electrons. The van der Waals surface area contributed by atoms with E-state index >= 15 is 0 Å². The van der Waals surface area contributed by atoms with E-state index in [0.717, 1.165) is 28.5 Å². The standard InChI is InChI=1S/C33H34O5/c34-21-31(36-23-28-15-7-2-8-16-28)33(38-25-30-19-11-4-12-20-30)32(37-24-29-17-9-3-10-18-29)26-35-22-27-13-5-1-6-14-27/h1-21,31-33H,22-26H2/t31-,32-,33+/m1/s1. The van der Waals surface area contributed by atoms with Gasteiger partial charge in [0.25, 0.3) is 0 Å². The molecule has 0 heterocycles. The fraction of sp³-hybridized carbons (Fsp3) is 0.242. The molecule has 0 bridgehead atoms. The summed E-state index contributed by atoms with van der Waals surface area (Å²) in [5.41, 5.74) is 4.05. The van der Waals surface area contributed by atoms with Crippen LogP contribution in [0.3, 0.4) is 0 Å². The number of carbonyl (C=O) groups is 1. The average Bonchev–Trinajstić information content (AvgIpc) is 2.99. The van der Waals surface area contributed by atoms with Crippen molar-refractivity contribution >= 4 is 6.29 Å². The normalized spacial score (nSPS) is 13.5. The van der Waals surface area contributed by atoms with E-state index in [2.05, 4.69) is 0 Å². The smallest absolute Gasteiger partial charge is 0.151 e. The van der Waals surface area contributed by atoms with Gasteiger partial charge >= 0.3 is 0 Å². The Morgan fingerprint density at radius 1 is 0.500 bits per heavy atom. The lowest BCUT2D eigenvalue weighted by molar-refractivity contribution is -0.169. The van der Waals surface area contributed by atoms with Crippen LogP contribution in [0.2, 0.25) is 0 Å². The van der Waals surface area contributed by atoms with Gasteiger partial charge in [0, 0.05) is 0 Å². The average molecular weight is 511 g/mol.